The molecule has 1 N–H and O–H groups in total. The lowest BCUT2D eigenvalue weighted by molar-refractivity contribution is -0.144. The van der Waals surface area contributed by atoms with Gasteiger partial charge in [0.05, 0.1) is 22.7 Å². The maximum absolute atomic E-state index is 12.7. The molecule has 0 radical (unpaired) electrons. The molecule has 2 aliphatic heterocycles. The van der Waals surface area contributed by atoms with Gasteiger partial charge in [0, 0.05) is 19.8 Å². The van der Waals surface area contributed by atoms with Crippen LogP contribution in [-0.2, 0) is 25.1 Å². The SMILES string of the molecule is O=C(O)c1ccccc1CS(=O)(=O)CC1CCOC2(CCOCC2)C1. The van der Waals surface area contributed by atoms with Crippen molar-refractivity contribution >= 4 is 15.8 Å². The topological polar surface area (TPSA) is 89.9 Å². The van der Waals surface area contributed by atoms with Crippen LogP contribution in [0.5, 0.6) is 0 Å². The fourth-order valence-corrected chi connectivity index (χ4v) is 5.72. The Morgan fingerprint density at radius 2 is 1.92 bits per heavy atom. The second-order valence-electron chi connectivity index (χ2n) is 7.02. The summed E-state index contributed by atoms with van der Waals surface area (Å²) in [4.78, 5) is 11.3. The van der Waals surface area contributed by atoms with Crippen LogP contribution in [0, 0.1) is 5.92 Å². The van der Waals surface area contributed by atoms with Gasteiger partial charge < -0.3 is 14.6 Å². The summed E-state index contributed by atoms with van der Waals surface area (Å²) in [5, 5.41) is 9.23. The number of rotatable bonds is 5. The number of carboxylic acid groups (broad SMARTS) is 1. The van der Waals surface area contributed by atoms with E-state index in [1.54, 1.807) is 18.2 Å². The van der Waals surface area contributed by atoms with Crippen molar-refractivity contribution in [2.75, 3.05) is 25.6 Å². The van der Waals surface area contributed by atoms with Gasteiger partial charge in [-0.3, -0.25) is 0 Å². The van der Waals surface area contributed by atoms with Crippen LogP contribution in [-0.4, -0.2) is 50.7 Å². The quantitative estimate of drug-likeness (QED) is 0.857. The van der Waals surface area contributed by atoms with E-state index in [2.05, 4.69) is 0 Å². The van der Waals surface area contributed by atoms with E-state index in [9.17, 15) is 18.3 Å². The lowest BCUT2D eigenvalue weighted by atomic mass is 9.81. The van der Waals surface area contributed by atoms with Gasteiger partial charge in [-0.1, -0.05) is 18.2 Å². The predicted molar refractivity (Wildman–Crippen MR) is 92.4 cm³/mol. The third-order valence-electron chi connectivity index (χ3n) is 5.11. The van der Waals surface area contributed by atoms with Crippen molar-refractivity contribution in [3.63, 3.8) is 0 Å². The summed E-state index contributed by atoms with van der Waals surface area (Å²) in [6.07, 6.45) is 3.08. The van der Waals surface area contributed by atoms with Crippen LogP contribution >= 0.6 is 0 Å². The number of hydrogen-bond donors (Lipinski definition) is 1. The smallest absolute Gasteiger partial charge is 0.335 e. The number of carboxylic acids is 1. The summed E-state index contributed by atoms with van der Waals surface area (Å²) < 4.78 is 36.7. The van der Waals surface area contributed by atoms with E-state index in [-0.39, 0.29) is 28.6 Å². The van der Waals surface area contributed by atoms with Crippen molar-refractivity contribution in [1.82, 2.24) is 0 Å². The maximum Gasteiger partial charge on any atom is 0.335 e. The van der Waals surface area contributed by atoms with Gasteiger partial charge in [-0.05, 0) is 43.2 Å². The molecular formula is C18H24O6S. The highest BCUT2D eigenvalue weighted by molar-refractivity contribution is 7.90. The fourth-order valence-electron chi connectivity index (χ4n) is 3.87. The van der Waals surface area contributed by atoms with Crippen LogP contribution in [0.15, 0.2) is 24.3 Å². The average molecular weight is 368 g/mol. The molecule has 0 amide bonds. The molecule has 0 bridgehead atoms. The molecule has 1 unspecified atom stereocenters. The van der Waals surface area contributed by atoms with E-state index < -0.39 is 15.8 Å². The van der Waals surface area contributed by atoms with E-state index in [0.29, 0.717) is 25.4 Å². The largest absolute Gasteiger partial charge is 0.478 e. The molecule has 0 aliphatic carbocycles. The van der Waals surface area contributed by atoms with Crippen LogP contribution in [0.3, 0.4) is 0 Å². The summed E-state index contributed by atoms with van der Waals surface area (Å²) in [5.41, 5.74) is 0.164. The molecule has 1 aromatic carbocycles. The normalized spacial score (nSPS) is 23.4. The van der Waals surface area contributed by atoms with Crippen LogP contribution in [0.25, 0.3) is 0 Å². The van der Waals surface area contributed by atoms with Gasteiger partial charge in [0.15, 0.2) is 9.84 Å². The molecule has 2 saturated heterocycles. The summed E-state index contributed by atoms with van der Waals surface area (Å²) >= 11 is 0. The summed E-state index contributed by atoms with van der Waals surface area (Å²) in [6.45, 7) is 1.89. The maximum atomic E-state index is 12.7. The first kappa shape index (κ1) is 18.4. The van der Waals surface area contributed by atoms with E-state index in [4.69, 9.17) is 9.47 Å². The van der Waals surface area contributed by atoms with Gasteiger partial charge >= 0.3 is 5.97 Å². The first-order chi connectivity index (χ1) is 11.9. The molecule has 6 nitrogen and oxygen atoms in total. The number of aromatic carboxylic acids is 1. The number of sulfone groups is 1. The average Bonchev–Trinajstić information content (AvgIpc) is 2.55. The molecule has 138 valence electrons. The molecule has 2 fully saturated rings. The monoisotopic (exact) mass is 368 g/mol. The highest BCUT2D eigenvalue weighted by atomic mass is 32.2. The first-order valence-electron chi connectivity index (χ1n) is 8.62. The Morgan fingerprint density at radius 3 is 2.64 bits per heavy atom. The molecule has 2 aliphatic rings. The Bertz CT molecular complexity index is 715. The Hall–Kier alpha value is -1.44. The Kier molecular flexibility index (Phi) is 5.46. The Morgan fingerprint density at radius 1 is 1.20 bits per heavy atom. The number of hydrogen-bond acceptors (Lipinski definition) is 5. The van der Waals surface area contributed by atoms with Crippen LogP contribution in [0.2, 0.25) is 0 Å². The van der Waals surface area contributed by atoms with Crippen molar-refractivity contribution < 1.29 is 27.8 Å². The highest BCUT2D eigenvalue weighted by Gasteiger charge is 2.40. The molecule has 1 atom stereocenters. The molecule has 7 heteroatoms. The lowest BCUT2D eigenvalue weighted by Gasteiger charge is -2.43. The van der Waals surface area contributed by atoms with E-state index in [0.717, 1.165) is 25.7 Å². The van der Waals surface area contributed by atoms with E-state index in [1.807, 2.05) is 0 Å². The van der Waals surface area contributed by atoms with Crippen molar-refractivity contribution in [3.05, 3.63) is 35.4 Å². The summed E-state index contributed by atoms with van der Waals surface area (Å²) in [7, 11) is -3.40. The van der Waals surface area contributed by atoms with Crippen molar-refractivity contribution in [2.45, 2.75) is 37.0 Å². The standard InChI is InChI=1S/C18H24O6S/c19-17(20)16-4-2-1-3-15(16)13-25(21,22)12-14-5-8-24-18(11-14)6-9-23-10-7-18/h1-4,14H,5-13H2,(H,19,20). The van der Waals surface area contributed by atoms with E-state index in [1.165, 1.54) is 6.07 Å². The van der Waals surface area contributed by atoms with Gasteiger partial charge in [0.25, 0.3) is 0 Å². The van der Waals surface area contributed by atoms with Gasteiger partial charge in [-0.2, -0.15) is 0 Å². The van der Waals surface area contributed by atoms with Crippen LogP contribution in [0.1, 0.15) is 41.6 Å². The summed E-state index contributed by atoms with van der Waals surface area (Å²) in [5.74, 6) is -1.21. The molecule has 0 aromatic heterocycles. The lowest BCUT2D eigenvalue weighted by Crippen LogP contribution is -2.45. The second-order valence-corrected chi connectivity index (χ2v) is 9.13. The zero-order chi connectivity index (χ0) is 17.9. The van der Waals surface area contributed by atoms with Gasteiger partial charge in [0.2, 0.25) is 0 Å². The number of carbonyl (C=O) groups is 1. The second kappa shape index (κ2) is 7.43. The predicted octanol–water partition coefficient (Wildman–Crippen LogP) is 2.28. The van der Waals surface area contributed by atoms with Gasteiger partial charge in [-0.15, -0.1) is 0 Å². The molecule has 3 rings (SSSR count). The van der Waals surface area contributed by atoms with Crippen molar-refractivity contribution in [2.24, 2.45) is 5.92 Å². The van der Waals surface area contributed by atoms with Crippen LogP contribution < -0.4 is 0 Å². The Labute approximate surface area is 148 Å². The molecule has 1 spiro atoms. The number of ether oxygens (including phenoxy) is 2. The molecule has 25 heavy (non-hydrogen) atoms. The molecule has 0 saturated carbocycles. The zero-order valence-electron chi connectivity index (χ0n) is 14.1. The molecule has 1 aromatic rings. The molecule has 2 heterocycles. The van der Waals surface area contributed by atoms with Crippen LogP contribution in [0.4, 0.5) is 0 Å². The first-order valence-corrected chi connectivity index (χ1v) is 10.4. The molecular weight excluding hydrogens is 344 g/mol. The van der Waals surface area contributed by atoms with Gasteiger partial charge in [-0.25, -0.2) is 13.2 Å². The zero-order valence-corrected chi connectivity index (χ0v) is 15.0. The summed E-state index contributed by atoms with van der Waals surface area (Å²) in [6, 6.07) is 6.29. The van der Waals surface area contributed by atoms with E-state index >= 15 is 0 Å². The Balaban J connectivity index is 1.68. The third kappa shape index (κ3) is 4.59. The third-order valence-corrected chi connectivity index (χ3v) is 6.84. The van der Waals surface area contributed by atoms with Crippen molar-refractivity contribution in [3.8, 4) is 0 Å². The van der Waals surface area contributed by atoms with Gasteiger partial charge in [0.1, 0.15) is 0 Å². The fraction of sp³-hybridized carbons (Fsp3) is 0.611. The highest BCUT2D eigenvalue weighted by Crippen LogP contribution is 2.37. The number of benzene rings is 1. The van der Waals surface area contributed by atoms with Crippen molar-refractivity contribution in [1.29, 1.82) is 0 Å². The minimum atomic E-state index is -3.40. The minimum Gasteiger partial charge on any atom is -0.478 e. The minimum absolute atomic E-state index is 0.0499.